The number of fused-ring (bicyclic) bond motifs is 2. The summed E-state index contributed by atoms with van der Waals surface area (Å²) < 4.78 is 2.13. The van der Waals surface area contributed by atoms with Gasteiger partial charge in [-0.15, -0.1) is 11.6 Å². The van der Waals surface area contributed by atoms with Crippen LogP contribution in [0, 0.1) is 12.8 Å². The molecule has 0 radical (unpaired) electrons. The summed E-state index contributed by atoms with van der Waals surface area (Å²) in [6.07, 6.45) is 10.6. The van der Waals surface area contributed by atoms with Crippen LogP contribution in [0.15, 0.2) is 22.8 Å². The number of aryl methyl sites for hydroxylation is 1. The second kappa shape index (κ2) is 7.44. The first kappa shape index (κ1) is 18.8. The Kier molecular flexibility index (Phi) is 5.17. The van der Waals surface area contributed by atoms with Crippen molar-refractivity contribution in [3.05, 3.63) is 29.1 Å². The number of hydrogen-bond donors (Lipinski definition) is 2. The number of alkyl halides is 1. The second-order valence-electron chi connectivity index (χ2n) is 7.99. The summed E-state index contributed by atoms with van der Waals surface area (Å²) in [6, 6.07) is 0.494. The number of hydrogen-bond acceptors (Lipinski definition) is 4. The molecule has 0 amide bonds. The molecule has 3 aliphatic rings. The van der Waals surface area contributed by atoms with Gasteiger partial charge in [-0.05, 0) is 50.7 Å². The van der Waals surface area contributed by atoms with E-state index in [9.17, 15) is 0 Å². The Labute approximate surface area is 166 Å². The zero-order valence-corrected chi connectivity index (χ0v) is 17.3. The summed E-state index contributed by atoms with van der Waals surface area (Å²) in [6.45, 7) is 6.56. The third-order valence-electron chi connectivity index (χ3n) is 6.24. The topological polar surface area (TPSA) is 68.2 Å². The highest BCUT2D eigenvalue weighted by molar-refractivity contribution is 6.27. The van der Waals surface area contributed by atoms with Gasteiger partial charge in [-0.2, -0.15) is 5.10 Å². The molecule has 3 unspecified atom stereocenters. The molecule has 6 heteroatoms. The predicted octanol–water partition coefficient (Wildman–Crippen LogP) is 4.59. The van der Waals surface area contributed by atoms with E-state index in [1.54, 1.807) is 0 Å². The van der Waals surface area contributed by atoms with Crippen LogP contribution in [0.3, 0.4) is 0 Å². The molecule has 0 bridgehead atoms. The molecule has 2 heterocycles. The van der Waals surface area contributed by atoms with E-state index in [-0.39, 0.29) is 11.5 Å². The number of rotatable bonds is 5. The molecule has 0 aromatic carbocycles. The number of allylic oxidation sites excluding steroid dienone is 4. The fraction of sp³-hybridized carbons (Fsp3) is 0.619. The molecule has 1 fully saturated rings. The molecule has 1 aromatic heterocycles. The molecule has 146 valence electrons. The highest BCUT2D eigenvalue weighted by Gasteiger charge is 2.39. The van der Waals surface area contributed by atoms with Crippen molar-refractivity contribution in [2.45, 2.75) is 76.9 Å². The van der Waals surface area contributed by atoms with Gasteiger partial charge >= 0.3 is 0 Å². The Balaban J connectivity index is 1.80. The Hall–Kier alpha value is -1.59. The van der Waals surface area contributed by atoms with E-state index in [1.807, 2.05) is 12.2 Å². The van der Waals surface area contributed by atoms with Crippen molar-refractivity contribution in [1.82, 2.24) is 15.1 Å². The molecule has 4 rings (SSSR count). The van der Waals surface area contributed by atoms with Crippen molar-refractivity contribution >= 4 is 28.7 Å². The van der Waals surface area contributed by atoms with Crippen LogP contribution in [0.2, 0.25) is 0 Å². The smallest absolute Gasteiger partial charge is 0.159 e. The van der Waals surface area contributed by atoms with Crippen molar-refractivity contribution in [3.8, 4) is 0 Å². The number of nitrogens with two attached hydrogens (primary N) is 1. The van der Waals surface area contributed by atoms with Gasteiger partial charge in [0.25, 0.3) is 0 Å². The number of aliphatic imine (C=N–C) groups is 1. The minimum Gasteiger partial charge on any atom is -0.402 e. The molecule has 2 aliphatic carbocycles. The highest BCUT2D eigenvalue weighted by atomic mass is 35.5. The number of halogens is 1. The van der Waals surface area contributed by atoms with Gasteiger partial charge in [-0.1, -0.05) is 19.9 Å². The van der Waals surface area contributed by atoms with Crippen LogP contribution in [-0.2, 0) is 0 Å². The summed E-state index contributed by atoms with van der Waals surface area (Å²) in [7, 11) is 0. The van der Waals surface area contributed by atoms with Crippen LogP contribution in [-0.4, -0.2) is 26.9 Å². The van der Waals surface area contributed by atoms with Crippen molar-refractivity contribution in [1.29, 1.82) is 0 Å². The maximum absolute atomic E-state index is 6.67. The summed E-state index contributed by atoms with van der Waals surface area (Å²) >= 11 is 6.67. The van der Waals surface area contributed by atoms with Gasteiger partial charge in [0, 0.05) is 35.4 Å². The maximum Gasteiger partial charge on any atom is 0.159 e. The van der Waals surface area contributed by atoms with E-state index in [1.165, 1.54) is 18.6 Å². The normalized spacial score (nSPS) is 27.1. The van der Waals surface area contributed by atoms with Crippen molar-refractivity contribution < 1.29 is 0 Å². The van der Waals surface area contributed by atoms with Crippen LogP contribution >= 0.6 is 11.6 Å². The van der Waals surface area contributed by atoms with Gasteiger partial charge in [-0.3, -0.25) is 5.32 Å². The lowest BCUT2D eigenvalue weighted by atomic mass is 9.94. The Morgan fingerprint density at radius 1 is 1.33 bits per heavy atom. The minimum atomic E-state index is -0.130. The first-order chi connectivity index (χ1) is 13.0. The third kappa shape index (κ3) is 3.25. The van der Waals surface area contributed by atoms with Gasteiger partial charge in [0.1, 0.15) is 6.17 Å². The summed E-state index contributed by atoms with van der Waals surface area (Å²) in [4.78, 5) is 5.09. The first-order valence-corrected chi connectivity index (χ1v) is 10.7. The quantitative estimate of drug-likeness (QED) is 0.726. The average Bonchev–Trinajstić information content (AvgIpc) is 3.23. The van der Waals surface area contributed by atoms with E-state index < -0.39 is 0 Å². The molecule has 0 spiro atoms. The molecule has 1 saturated carbocycles. The van der Waals surface area contributed by atoms with Crippen molar-refractivity contribution in [2.24, 2.45) is 16.6 Å². The van der Waals surface area contributed by atoms with Gasteiger partial charge in [0.2, 0.25) is 0 Å². The van der Waals surface area contributed by atoms with E-state index in [0.717, 1.165) is 47.6 Å². The zero-order valence-electron chi connectivity index (χ0n) is 16.5. The molecule has 0 saturated heterocycles. The van der Waals surface area contributed by atoms with Gasteiger partial charge in [-0.25, -0.2) is 9.67 Å². The van der Waals surface area contributed by atoms with Crippen LogP contribution < -0.4 is 11.1 Å². The van der Waals surface area contributed by atoms with Gasteiger partial charge in [0.15, 0.2) is 5.82 Å². The fourth-order valence-electron chi connectivity index (χ4n) is 4.69. The molecular formula is C21H30ClN5. The van der Waals surface area contributed by atoms with E-state index in [0.29, 0.717) is 18.4 Å². The molecule has 1 aliphatic heterocycles. The van der Waals surface area contributed by atoms with E-state index in [4.69, 9.17) is 27.4 Å². The predicted molar refractivity (Wildman–Crippen MR) is 112 cm³/mol. The third-order valence-corrected chi connectivity index (χ3v) is 6.63. The second-order valence-corrected chi connectivity index (χ2v) is 8.52. The molecule has 27 heavy (non-hydrogen) atoms. The molecule has 3 atom stereocenters. The molecular weight excluding hydrogens is 358 g/mol. The number of nitrogens with one attached hydrogen (secondary N) is 1. The lowest BCUT2D eigenvalue weighted by Crippen LogP contribution is -2.42. The number of nitrogens with zero attached hydrogens (tertiary/aromatic N) is 3. The molecule has 3 N–H and O–H groups in total. The zero-order chi connectivity index (χ0) is 19.1. The summed E-state index contributed by atoms with van der Waals surface area (Å²) in [5.74, 6) is 1.42. The maximum atomic E-state index is 6.67. The lowest BCUT2D eigenvalue weighted by molar-refractivity contribution is 0.259. The molecule has 5 nitrogen and oxygen atoms in total. The van der Waals surface area contributed by atoms with Crippen LogP contribution in [0.1, 0.15) is 69.8 Å². The monoisotopic (exact) mass is 387 g/mol. The van der Waals surface area contributed by atoms with Crippen molar-refractivity contribution in [2.75, 3.05) is 0 Å². The van der Waals surface area contributed by atoms with E-state index in [2.05, 4.69) is 30.8 Å². The van der Waals surface area contributed by atoms with Crippen LogP contribution in [0.4, 0.5) is 5.82 Å². The van der Waals surface area contributed by atoms with Gasteiger partial charge in [0.05, 0.1) is 11.1 Å². The SMILES string of the molecule is CCC(CC)NC1C2CCCC2=Nc2c(C3=CC=C(N)CC3Cl)c(C)nn21. The van der Waals surface area contributed by atoms with Gasteiger partial charge < -0.3 is 5.73 Å². The van der Waals surface area contributed by atoms with Crippen LogP contribution in [0.5, 0.6) is 0 Å². The number of aromatic nitrogens is 2. The standard InChI is InChI=1S/C21H30ClN5/c1-4-14(5-2)24-20-16-7-6-8-18(16)25-21-19(12(3)26-27(20)21)15-10-9-13(23)11-17(15)22/h9-10,14,16-17,20,24H,4-8,11,23H2,1-3H3. The Morgan fingerprint density at radius 3 is 2.81 bits per heavy atom. The summed E-state index contributed by atoms with van der Waals surface area (Å²) in [5, 5.41) is 8.69. The Bertz CT molecular complexity index is 815. The average molecular weight is 388 g/mol. The van der Waals surface area contributed by atoms with Crippen LogP contribution in [0.25, 0.3) is 5.57 Å². The lowest BCUT2D eigenvalue weighted by Gasteiger charge is -2.33. The first-order valence-electron chi connectivity index (χ1n) is 10.3. The van der Waals surface area contributed by atoms with E-state index >= 15 is 0 Å². The molecule has 1 aromatic rings. The highest BCUT2D eigenvalue weighted by Crippen LogP contribution is 2.44. The minimum absolute atomic E-state index is 0.130. The Morgan fingerprint density at radius 2 is 2.11 bits per heavy atom. The largest absolute Gasteiger partial charge is 0.402 e. The fourth-order valence-corrected chi connectivity index (χ4v) is 5.05. The van der Waals surface area contributed by atoms with Crippen molar-refractivity contribution in [3.63, 3.8) is 0 Å². The summed E-state index contributed by atoms with van der Waals surface area (Å²) in [5.41, 5.74) is 11.3.